The van der Waals surface area contributed by atoms with E-state index >= 15 is 0 Å². The molecular weight excluding hydrogens is 263 g/mol. The van der Waals surface area contributed by atoms with Crippen molar-refractivity contribution >= 4 is 34.8 Å². The molecule has 0 aliphatic heterocycles. The van der Waals surface area contributed by atoms with E-state index < -0.39 is 0 Å². The van der Waals surface area contributed by atoms with Gasteiger partial charge < -0.3 is 0 Å². The van der Waals surface area contributed by atoms with E-state index in [-0.39, 0.29) is 5.38 Å². The summed E-state index contributed by atoms with van der Waals surface area (Å²) in [5, 5.41) is 1.78. The third kappa shape index (κ3) is 4.53. The highest BCUT2D eigenvalue weighted by Gasteiger charge is 2.09. The highest BCUT2D eigenvalue weighted by molar-refractivity contribution is 6.33. The molecule has 0 amide bonds. The molecule has 0 bridgehead atoms. The Balaban J connectivity index is 2.45. The molecule has 0 aliphatic carbocycles. The molecule has 16 heavy (non-hydrogen) atoms. The fourth-order valence-electron chi connectivity index (χ4n) is 1.56. The lowest BCUT2D eigenvalue weighted by Gasteiger charge is -2.13. The Morgan fingerprint density at radius 1 is 1.19 bits per heavy atom. The zero-order valence-corrected chi connectivity index (χ0v) is 11.9. The van der Waals surface area contributed by atoms with E-state index in [0.717, 1.165) is 34.9 Å². The van der Waals surface area contributed by atoms with Gasteiger partial charge >= 0.3 is 0 Å². The Morgan fingerprint density at radius 2 is 1.88 bits per heavy atom. The lowest BCUT2D eigenvalue weighted by atomic mass is 10.0. The topological polar surface area (TPSA) is 0 Å². The first kappa shape index (κ1) is 14.2. The van der Waals surface area contributed by atoms with Crippen LogP contribution in [0.2, 0.25) is 10.0 Å². The van der Waals surface area contributed by atoms with Crippen LogP contribution >= 0.6 is 34.8 Å². The molecule has 90 valence electrons. The molecule has 0 aromatic heterocycles. The van der Waals surface area contributed by atoms with Crippen LogP contribution in [0.3, 0.4) is 0 Å². The normalized spacial score (nSPS) is 13.1. The molecule has 0 fully saturated rings. The predicted molar refractivity (Wildman–Crippen MR) is 73.9 cm³/mol. The number of hydrogen-bond acceptors (Lipinski definition) is 0. The summed E-state index contributed by atoms with van der Waals surface area (Å²) in [5.41, 5.74) is 1.11. The van der Waals surface area contributed by atoms with Crippen molar-refractivity contribution in [2.75, 3.05) is 0 Å². The summed E-state index contributed by atoms with van der Waals surface area (Å²) in [4.78, 5) is 0. The van der Waals surface area contributed by atoms with E-state index in [9.17, 15) is 0 Å². The number of benzene rings is 1. The molecule has 1 aromatic rings. The zero-order valence-electron chi connectivity index (χ0n) is 9.64. The minimum Gasteiger partial charge on any atom is -0.123 e. The molecule has 0 aliphatic rings. The molecule has 1 rings (SSSR count). The molecule has 1 atom stereocenters. The van der Waals surface area contributed by atoms with Crippen LogP contribution in [0.25, 0.3) is 0 Å². The molecular formula is C13H17Cl3. The Hall–Kier alpha value is 0.0900. The van der Waals surface area contributed by atoms with Crippen molar-refractivity contribution in [3.05, 3.63) is 33.8 Å². The molecule has 1 aromatic carbocycles. The van der Waals surface area contributed by atoms with Gasteiger partial charge in [0.15, 0.2) is 0 Å². The minimum absolute atomic E-state index is 0.248. The van der Waals surface area contributed by atoms with Crippen LogP contribution in [-0.4, -0.2) is 5.38 Å². The van der Waals surface area contributed by atoms with Gasteiger partial charge in [-0.25, -0.2) is 0 Å². The largest absolute Gasteiger partial charge is 0.123 e. The summed E-state index contributed by atoms with van der Waals surface area (Å²) < 4.78 is 0. The number of halogens is 3. The molecule has 0 saturated heterocycles. The van der Waals surface area contributed by atoms with E-state index in [1.807, 2.05) is 18.2 Å². The molecule has 0 N–H and O–H groups in total. The number of alkyl halides is 1. The SMILES string of the molecule is CC(C)C(Cl)CCCc1cc(Cl)ccc1Cl. The van der Waals surface area contributed by atoms with Gasteiger partial charge in [-0.3, -0.25) is 0 Å². The van der Waals surface area contributed by atoms with E-state index in [0.29, 0.717) is 5.92 Å². The van der Waals surface area contributed by atoms with Crippen molar-refractivity contribution in [2.24, 2.45) is 5.92 Å². The van der Waals surface area contributed by atoms with Gasteiger partial charge in [0.1, 0.15) is 0 Å². The van der Waals surface area contributed by atoms with Crippen LogP contribution in [0.15, 0.2) is 18.2 Å². The van der Waals surface area contributed by atoms with Gasteiger partial charge in [0.05, 0.1) is 0 Å². The van der Waals surface area contributed by atoms with Gasteiger partial charge in [-0.05, 0) is 48.9 Å². The molecule has 0 heterocycles. The first-order valence-electron chi connectivity index (χ1n) is 5.58. The maximum Gasteiger partial charge on any atom is 0.0439 e. The lowest BCUT2D eigenvalue weighted by Crippen LogP contribution is -2.07. The smallest absolute Gasteiger partial charge is 0.0439 e. The van der Waals surface area contributed by atoms with Crippen LogP contribution in [0.5, 0.6) is 0 Å². The predicted octanol–water partition coefficient (Wildman–Crippen LogP) is 5.58. The van der Waals surface area contributed by atoms with E-state index in [1.165, 1.54) is 0 Å². The maximum atomic E-state index is 6.19. The molecule has 0 saturated carbocycles. The second kappa shape index (κ2) is 6.74. The van der Waals surface area contributed by atoms with Crippen LogP contribution in [-0.2, 0) is 6.42 Å². The van der Waals surface area contributed by atoms with Crippen LogP contribution in [0, 0.1) is 5.92 Å². The second-order valence-electron chi connectivity index (χ2n) is 4.39. The molecule has 0 spiro atoms. The number of aryl methyl sites for hydroxylation is 1. The second-order valence-corrected chi connectivity index (χ2v) is 5.79. The van der Waals surface area contributed by atoms with Crippen molar-refractivity contribution in [1.29, 1.82) is 0 Å². The van der Waals surface area contributed by atoms with Gasteiger partial charge in [-0.1, -0.05) is 37.0 Å². The summed E-state index contributed by atoms with van der Waals surface area (Å²) in [6.07, 6.45) is 3.00. The van der Waals surface area contributed by atoms with Gasteiger partial charge in [0.2, 0.25) is 0 Å². The Kier molecular flexibility index (Phi) is 5.96. The van der Waals surface area contributed by atoms with Crippen molar-refractivity contribution in [3.8, 4) is 0 Å². The van der Waals surface area contributed by atoms with Crippen molar-refractivity contribution < 1.29 is 0 Å². The molecule has 1 unspecified atom stereocenters. The van der Waals surface area contributed by atoms with E-state index in [4.69, 9.17) is 34.8 Å². The summed E-state index contributed by atoms with van der Waals surface area (Å²) in [6, 6.07) is 5.59. The van der Waals surface area contributed by atoms with E-state index in [2.05, 4.69) is 13.8 Å². The van der Waals surface area contributed by atoms with Gasteiger partial charge in [0.25, 0.3) is 0 Å². The van der Waals surface area contributed by atoms with Crippen molar-refractivity contribution in [2.45, 2.75) is 38.5 Å². The monoisotopic (exact) mass is 278 g/mol. The fraction of sp³-hybridized carbons (Fsp3) is 0.538. The zero-order chi connectivity index (χ0) is 12.1. The summed E-state index contributed by atoms with van der Waals surface area (Å²) in [6.45, 7) is 4.29. The maximum absolute atomic E-state index is 6.19. The summed E-state index contributed by atoms with van der Waals surface area (Å²) >= 11 is 18.2. The first-order valence-corrected chi connectivity index (χ1v) is 6.78. The Bertz CT molecular complexity index is 334. The minimum atomic E-state index is 0.248. The van der Waals surface area contributed by atoms with Crippen molar-refractivity contribution in [1.82, 2.24) is 0 Å². The van der Waals surface area contributed by atoms with E-state index in [1.54, 1.807) is 0 Å². The van der Waals surface area contributed by atoms with Gasteiger partial charge in [-0.2, -0.15) is 0 Å². The number of hydrogen-bond donors (Lipinski definition) is 0. The molecule has 0 nitrogen and oxygen atoms in total. The third-order valence-corrected chi connectivity index (χ3v) is 3.98. The highest BCUT2D eigenvalue weighted by atomic mass is 35.5. The van der Waals surface area contributed by atoms with Crippen LogP contribution in [0.4, 0.5) is 0 Å². The first-order chi connectivity index (χ1) is 7.50. The molecule has 3 heteroatoms. The highest BCUT2D eigenvalue weighted by Crippen LogP contribution is 2.23. The van der Waals surface area contributed by atoms with Crippen molar-refractivity contribution in [3.63, 3.8) is 0 Å². The standard InChI is InChI=1S/C13H17Cl3/c1-9(2)12(15)5-3-4-10-8-11(14)6-7-13(10)16/h6-9,12H,3-5H2,1-2H3. The fourth-order valence-corrected chi connectivity index (χ4v) is 2.12. The summed E-state index contributed by atoms with van der Waals surface area (Å²) in [5.74, 6) is 0.525. The average Bonchev–Trinajstić information content (AvgIpc) is 2.22. The third-order valence-electron chi connectivity index (χ3n) is 2.66. The summed E-state index contributed by atoms with van der Waals surface area (Å²) in [7, 11) is 0. The quantitative estimate of drug-likeness (QED) is 0.617. The van der Waals surface area contributed by atoms with Crippen LogP contribution < -0.4 is 0 Å². The van der Waals surface area contributed by atoms with Gasteiger partial charge in [-0.15, -0.1) is 11.6 Å². The Morgan fingerprint density at radius 3 is 2.50 bits per heavy atom. The lowest BCUT2D eigenvalue weighted by molar-refractivity contribution is 0.547. The Labute approximate surface area is 113 Å². The molecule has 0 radical (unpaired) electrons. The van der Waals surface area contributed by atoms with Gasteiger partial charge in [0, 0.05) is 15.4 Å². The average molecular weight is 280 g/mol. The number of rotatable bonds is 5. The van der Waals surface area contributed by atoms with Crippen LogP contribution in [0.1, 0.15) is 32.3 Å².